The first-order valence-electron chi connectivity index (χ1n) is 6.46. The SMILES string of the molecule is C=C(C)C1CCC2(C)CCC(O)C(=C)C2C1. The molecule has 2 aliphatic carbocycles. The van der Waals surface area contributed by atoms with E-state index in [1.165, 1.54) is 18.4 Å². The Hall–Kier alpha value is -0.560. The van der Waals surface area contributed by atoms with Gasteiger partial charge in [0.25, 0.3) is 0 Å². The van der Waals surface area contributed by atoms with E-state index in [4.69, 9.17) is 0 Å². The molecule has 0 radical (unpaired) electrons. The van der Waals surface area contributed by atoms with Crippen LogP contribution in [0.3, 0.4) is 0 Å². The molecule has 0 saturated heterocycles. The first-order valence-corrected chi connectivity index (χ1v) is 6.46. The molecule has 1 nitrogen and oxygen atoms in total. The molecule has 4 unspecified atom stereocenters. The summed E-state index contributed by atoms with van der Waals surface area (Å²) < 4.78 is 0. The molecule has 2 fully saturated rings. The van der Waals surface area contributed by atoms with Crippen LogP contribution in [-0.2, 0) is 0 Å². The standard InChI is InChI=1S/C15H24O/c1-10(2)12-5-7-15(4)8-6-14(16)11(3)13(15)9-12/h12-14,16H,1,3,5-9H2,2,4H3. The molecule has 0 spiro atoms. The number of hydrogen-bond acceptors (Lipinski definition) is 1. The van der Waals surface area contributed by atoms with Crippen molar-refractivity contribution in [3.8, 4) is 0 Å². The quantitative estimate of drug-likeness (QED) is 0.668. The fourth-order valence-electron chi connectivity index (χ4n) is 3.59. The number of hydrogen-bond donors (Lipinski definition) is 1. The summed E-state index contributed by atoms with van der Waals surface area (Å²) in [5.41, 5.74) is 2.78. The van der Waals surface area contributed by atoms with Gasteiger partial charge >= 0.3 is 0 Å². The monoisotopic (exact) mass is 220 g/mol. The van der Waals surface area contributed by atoms with Crippen molar-refractivity contribution in [2.24, 2.45) is 17.3 Å². The van der Waals surface area contributed by atoms with Gasteiger partial charge in [-0.2, -0.15) is 0 Å². The lowest BCUT2D eigenvalue weighted by molar-refractivity contribution is 0.0318. The minimum atomic E-state index is -0.262. The molecule has 0 aromatic carbocycles. The summed E-state index contributed by atoms with van der Waals surface area (Å²) in [6, 6.07) is 0. The number of aliphatic hydroxyl groups is 1. The number of allylic oxidation sites excluding steroid dienone is 1. The van der Waals surface area contributed by atoms with Gasteiger partial charge < -0.3 is 5.11 Å². The van der Waals surface area contributed by atoms with Gasteiger partial charge in [-0.3, -0.25) is 0 Å². The summed E-state index contributed by atoms with van der Waals surface area (Å²) in [4.78, 5) is 0. The van der Waals surface area contributed by atoms with Gasteiger partial charge in [0.05, 0.1) is 6.10 Å². The van der Waals surface area contributed by atoms with E-state index in [0.29, 0.717) is 17.3 Å². The van der Waals surface area contributed by atoms with Gasteiger partial charge in [-0.1, -0.05) is 25.7 Å². The highest BCUT2D eigenvalue weighted by Gasteiger charge is 2.45. The van der Waals surface area contributed by atoms with Gasteiger partial charge in [-0.25, -0.2) is 0 Å². The van der Waals surface area contributed by atoms with Crippen LogP contribution in [0.4, 0.5) is 0 Å². The van der Waals surface area contributed by atoms with Crippen LogP contribution in [0.15, 0.2) is 24.3 Å². The van der Waals surface area contributed by atoms with Crippen molar-refractivity contribution in [3.63, 3.8) is 0 Å². The summed E-state index contributed by atoms with van der Waals surface area (Å²) in [5, 5.41) is 9.93. The molecule has 16 heavy (non-hydrogen) atoms. The molecular weight excluding hydrogens is 196 g/mol. The molecular formula is C15H24O. The van der Waals surface area contributed by atoms with E-state index in [-0.39, 0.29) is 6.10 Å². The van der Waals surface area contributed by atoms with Crippen LogP contribution >= 0.6 is 0 Å². The van der Waals surface area contributed by atoms with Crippen LogP contribution in [0.1, 0.15) is 46.0 Å². The Balaban J connectivity index is 2.19. The minimum Gasteiger partial charge on any atom is -0.389 e. The zero-order chi connectivity index (χ0) is 11.9. The Kier molecular flexibility index (Phi) is 3.00. The molecule has 0 bridgehead atoms. The van der Waals surface area contributed by atoms with Gasteiger partial charge in [-0.05, 0) is 61.9 Å². The molecule has 0 aromatic heterocycles. The molecule has 90 valence electrons. The van der Waals surface area contributed by atoms with Crippen molar-refractivity contribution in [2.45, 2.75) is 52.1 Å². The van der Waals surface area contributed by atoms with Crippen molar-refractivity contribution < 1.29 is 5.11 Å². The van der Waals surface area contributed by atoms with Gasteiger partial charge in [0.15, 0.2) is 0 Å². The molecule has 0 aromatic rings. The van der Waals surface area contributed by atoms with Crippen LogP contribution in [0.5, 0.6) is 0 Å². The summed E-state index contributed by atoms with van der Waals surface area (Å²) in [6.07, 6.45) is 5.49. The lowest BCUT2D eigenvalue weighted by Gasteiger charge is -2.50. The van der Waals surface area contributed by atoms with Crippen LogP contribution < -0.4 is 0 Å². The fourth-order valence-corrected chi connectivity index (χ4v) is 3.59. The van der Waals surface area contributed by atoms with E-state index in [1.807, 2.05) is 0 Å². The Morgan fingerprint density at radius 2 is 2.00 bits per heavy atom. The predicted molar refractivity (Wildman–Crippen MR) is 68.1 cm³/mol. The zero-order valence-electron chi connectivity index (χ0n) is 10.6. The average Bonchev–Trinajstić information content (AvgIpc) is 2.24. The van der Waals surface area contributed by atoms with Crippen LogP contribution in [-0.4, -0.2) is 11.2 Å². The second-order valence-electron chi connectivity index (χ2n) is 6.15. The third-order valence-corrected chi connectivity index (χ3v) is 4.99. The highest BCUT2D eigenvalue weighted by Crippen LogP contribution is 2.54. The predicted octanol–water partition coefficient (Wildman–Crippen LogP) is 3.70. The van der Waals surface area contributed by atoms with E-state index in [2.05, 4.69) is 27.0 Å². The van der Waals surface area contributed by atoms with Crippen LogP contribution in [0.2, 0.25) is 0 Å². The molecule has 2 rings (SSSR count). The average molecular weight is 220 g/mol. The molecule has 0 amide bonds. The molecule has 0 aliphatic heterocycles. The normalized spacial score (nSPS) is 43.9. The first kappa shape index (κ1) is 11.9. The first-order chi connectivity index (χ1) is 7.44. The second kappa shape index (κ2) is 4.03. The van der Waals surface area contributed by atoms with Crippen molar-refractivity contribution in [1.29, 1.82) is 0 Å². The smallest absolute Gasteiger partial charge is 0.0750 e. The van der Waals surface area contributed by atoms with E-state index >= 15 is 0 Å². The van der Waals surface area contributed by atoms with Crippen molar-refractivity contribution in [3.05, 3.63) is 24.3 Å². The fraction of sp³-hybridized carbons (Fsp3) is 0.733. The Bertz CT molecular complexity index is 317. The number of fused-ring (bicyclic) bond motifs is 1. The lowest BCUT2D eigenvalue weighted by Crippen LogP contribution is -2.42. The van der Waals surface area contributed by atoms with E-state index < -0.39 is 0 Å². The highest BCUT2D eigenvalue weighted by molar-refractivity contribution is 5.18. The maximum absolute atomic E-state index is 9.93. The highest BCUT2D eigenvalue weighted by atomic mass is 16.3. The topological polar surface area (TPSA) is 20.2 Å². The summed E-state index contributed by atoms with van der Waals surface area (Å²) in [6.45, 7) is 12.7. The van der Waals surface area contributed by atoms with Gasteiger partial charge in [-0.15, -0.1) is 0 Å². The Morgan fingerprint density at radius 1 is 1.38 bits per heavy atom. The molecule has 0 heterocycles. The Morgan fingerprint density at radius 3 is 2.62 bits per heavy atom. The third kappa shape index (κ3) is 1.86. The summed E-state index contributed by atoms with van der Waals surface area (Å²) >= 11 is 0. The lowest BCUT2D eigenvalue weighted by atomic mass is 9.56. The van der Waals surface area contributed by atoms with Gasteiger partial charge in [0.2, 0.25) is 0 Å². The maximum Gasteiger partial charge on any atom is 0.0750 e. The van der Waals surface area contributed by atoms with Crippen LogP contribution in [0.25, 0.3) is 0 Å². The Labute approximate surface area is 99.3 Å². The molecule has 4 atom stereocenters. The molecule has 2 saturated carbocycles. The van der Waals surface area contributed by atoms with Crippen molar-refractivity contribution in [1.82, 2.24) is 0 Å². The van der Waals surface area contributed by atoms with Crippen LogP contribution in [0, 0.1) is 17.3 Å². The molecule has 2 aliphatic rings. The number of rotatable bonds is 1. The van der Waals surface area contributed by atoms with Crippen molar-refractivity contribution in [2.75, 3.05) is 0 Å². The van der Waals surface area contributed by atoms with E-state index in [9.17, 15) is 5.11 Å². The van der Waals surface area contributed by atoms with E-state index in [0.717, 1.165) is 24.8 Å². The third-order valence-electron chi connectivity index (χ3n) is 4.99. The maximum atomic E-state index is 9.93. The van der Waals surface area contributed by atoms with Gasteiger partial charge in [0, 0.05) is 0 Å². The van der Waals surface area contributed by atoms with Crippen molar-refractivity contribution >= 4 is 0 Å². The van der Waals surface area contributed by atoms with E-state index in [1.54, 1.807) is 0 Å². The molecule has 1 heteroatoms. The van der Waals surface area contributed by atoms with Gasteiger partial charge in [0.1, 0.15) is 0 Å². The summed E-state index contributed by atoms with van der Waals surface area (Å²) in [7, 11) is 0. The number of aliphatic hydroxyl groups excluding tert-OH is 1. The zero-order valence-corrected chi connectivity index (χ0v) is 10.6. The second-order valence-corrected chi connectivity index (χ2v) is 6.15. The minimum absolute atomic E-state index is 0.262. The summed E-state index contributed by atoms with van der Waals surface area (Å²) in [5.74, 6) is 1.15. The molecule has 1 N–H and O–H groups in total. The largest absolute Gasteiger partial charge is 0.389 e.